The monoisotopic (exact) mass is 263 g/mol. The Kier molecular flexibility index (Phi) is 3.62. The van der Waals surface area contributed by atoms with Crippen molar-refractivity contribution in [2.75, 3.05) is 5.32 Å². The normalized spacial score (nSPS) is 9.94. The van der Waals surface area contributed by atoms with Crippen LogP contribution in [0.2, 0.25) is 5.02 Å². The molecule has 0 radical (unpaired) electrons. The van der Waals surface area contributed by atoms with Crippen LogP contribution in [0.4, 0.5) is 5.82 Å². The smallest absolute Gasteiger partial charge is 0.146 e. The molecule has 5 heteroatoms. The molecule has 0 aliphatic rings. The van der Waals surface area contributed by atoms with E-state index in [9.17, 15) is 0 Å². The molecule has 0 aliphatic carbocycles. The van der Waals surface area contributed by atoms with Gasteiger partial charge in [-0.15, -0.1) is 11.3 Å². The van der Waals surface area contributed by atoms with Crippen molar-refractivity contribution in [3.8, 4) is 6.07 Å². The molecule has 0 spiro atoms. The highest BCUT2D eigenvalue weighted by Gasteiger charge is 2.07. The second-order valence-electron chi connectivity index (χ2n) is 3.51. The van der Waals surface area contributed by atoms with Crippen molar-refractivity contribution in [2.24, 2.45) is 0 Å². The second kappa shape index (κ2) is 5.17. The quantitative estimate of drug-likeness (QED) is 0.921. The first-order chi connectivity index (χ1) is 8.22. The van der Waals surface area contributed by atoms with Gasteiger partial charge >= 0.3 is 0 Å². The van der Waals surface area contributed by atoms with Gasteiger partial charge in [0.25, 0.3) is 0 Å². The van der Waals surface area contributed by atoms with E-state index in [1.165, 1.54) is 10.4 Å². The minimum atomic E-state index is 0.379. The van der Waals surface area contributed by atoms with Gasteiger partial charge in [-0.3, -0.25) is 0 Å². The van der Waals surface area contributed by atoms with Crippen LogP contribution in [0.15, 0.2) is 23.7 Å². The van der Waals surface area contributed by atoms with Crippen LogP contribution in [0.1, 0.15) is 16.0 Å². The summed E-state index contributed by atoms with van der Waals surface area (Å²) in [6.07, 6.45) is 1.58. The van der Waals surface area contributed by atoms with Gasteiger partial charge in [0.05, 0.1) is 12.1 Å². The van der Waals surface area contributed by atoms with Crippen LogP contribution in [0.5, 0.6) is 0 Å². The highest BCUT2D eigenvalue weighted by atomic mass is 35.5. The second-order valence-corrected chi connectivity index (χ2v) is 4.89. The number of anilines is 1. The van der Waals surface area contributed by atoms with E-state index >= 15 is 0 Å². The molecule has 1 N–H and O–H groups in total. The van der Waals surface area contributed by atoms with Crippen molar-refractivity contribution in [3.63, 3.8) is 0 Å². The highest BCUT2D eigenvalue weighted by molar-refractivity contribution is 7.10. The minimum Gasteiger partial charge on any atom is -0.364 e. The molecule has 86 valence electrons. The van der Waals surface area contributed by atoms with Gasteiger partial charge in [-0.05, 0) is 30.0 Å². The summed E-state index contributed by atoms with van der Waals surface area (Å²) in [6.45, 7) is 2.74. The molecule has 0 saturated carbocycles. The molecule has 0 amide bonds. The average Bonchev–Trinajstić information content (AvgIpc) is 2.74. The fourth-order valence-corrected chi connectivity index (χ4v) is 2.47. The van der Waals surface area contributed by atoms with Gasteiger partial charge in [0.1, 0.15) is 16.9 Å². The van der Waals surface area contributed by atoms with Crippen molar-refractivity contribution in [1.82, 2.24) is 4.98 Å². The molecule has 0 bridgehead atoms. The van der Waals surface area contributed by atoms with Crippen molar-refractivity contribution in [2.45, 2.75) is 13.5 Å². The van der Waals surface area contributed by atoms with Crippen LogP contribution < -0.4 is 5.32 Å². The van der Waals surface area contributed by atoms with Crippen molar-refractivity contribution >= 4 is 28.8 Å². The highest BCUT2D eigenvalue weighted by Crippen LogP contribution is 2.24. The van der Waals surface area contributed by atoms with E-state index in [2.05, 4.69) is 23.3 Å². The Balaban J connectivity index is 2.15. The maximum absolute atomic E-state index is 8.85. The first kappa shape index (κ1) is 11.9. The van der Waals surface area contributed by atoms with E-state index in [1.807, 2.05) is 11.4 Å². The number of hydrogen-bond acceptors (Lipinski definition) is 4. The van der Waals surface area contributed by atoms with Gasteiger partial charge < -0.3 is 5.32 Å². The Morgan fingerprint density at radius 1 is 1.53 bits per heavy atom. The summed E-state index contributed by atoms with van der Waals surface area (Å²) >= 11 is 7.73. The third-order valence-corrected chi connectivity index (χ3v) is 3.80. The van der Waals surface area contributed by atoms with E-state index in [1.54, 1.807) is 23.6 Å². The number of thiophene rings is 1. The van der Waals surface area contributed by atoms with Crippen LogP contribution in [-0.2, 0) is 6.54 Å². The molecular weight excluding hydrogens is 254 g/mol. The summed E-state index contributed by atoms with van der Waals surface area (Å²) in [7, 11) is 0. The summed E-state index contributed by atoms with van der Waals surface area (Å²) in [5.41, 5.74) is 1.68. The Labute approximate surface area is 109 Å². The van der Waals surface area contributed by atoms with Gasteiger partial charge in [-0.25, -0.2) is 4.98 Å². The first-order valence-electron chi connectivity index (χ1n) is 5.04. The Morgan fingerprint density at radius 3 is 3.00 bits per heavy atom. The van der Waals surface area contributed by atoms with Crippen molar-refractivity contribution in [3.05, 3.63) is 44.7 Å². The Hall–Kier alpha value is -1.57. The molecule has 0 aromatic carbocycles. The van der Waals surface area contributed by atoms with Gasteiger partial charge in [0.15, 0.2) is 0 Å². The van der Waals surface area contributed by atoms with Gasteiger partial charge in [-0.2, -0.15) is 5.26 Å². The molecule has 0 atom stereocenters. The minimum absolute atomic E-state index is 0.379. The number of rotatable bonds is 3. The van der Waals surface area contributed by atoms with E-state index in [4.69, 9.17) is 16.9 Å². The molecule has 0 unspecified atom stereocenters. The molecule has 2 heterocycles. The van der Waals surface area contributed by atoms with E-state index in [0.717, 1.165) is 0 Å². The molecule has 2 aromatic heterocycles. The number of aryl methyl sites for hydroxylation is 1. The summed E-state index contributed by atoms with van der Waals surface area (Å²) in [6, 6.07) is 5.70. The lowest BCUT2D eigenvalue weighted by Crippen LogP contribution is -2.02. The zero-order valence-corrected chi connectivity index (χ0v) is 10.8. The molecule has 17 heavy (non-hydrogen) atoms. The average molecular weight is 264 g/mol. The first-order valence-corrected chi connectivity index (χ1v) is 6.29. The zero-order valence-electron chi connectivity index (χ0n) is 9.20. The topological polar surface area (TPSA) is 48.7 Å². The molecule has 2 aromatic rings. The summed E-state index contributed by atoms with van der Waals surface area (Å²) in [5.74, 6) is 0.554. The predicted molar refractivity (Wildman–Crippen MR) is 70.3 cm³/mol. The Morgan fingerprint density at radius 2 is 2.35 bits per heavy atom. The van der Waals surface area contributed by atoms with Gasteiger partial charge in [0.2, 0.25) is 0 Å². The summed E-state index contributed by atoms with van der Waals surface area (Å²) in [5, 5.41) is 14.4. The number of hydrogen-bond donors (Lipinski definition) is 1. The lowest BCUT2D eigenvalue weighted by atomic mass is 10.2. The number of nitrogens with one attached hydrogen (secondary N) is 1. The third kappa shape index (κ3) is 2.57. The maximum atomic E-state index is 8.85. The molecule has 0 aliphatic heterocycles. The van der Waals surface area contributed by atoms with Crippen LogP contribution in [-0.4, -0.2) is 4.98 Å². The van der Waals surface area contributed by atoms with E-state index < -0.39 is 0 Å². The largest absolute Gasteiger partial charge is 0.364 e. The van der Waals surface area contributed by atoms with Crippen LogP contribution in [0, 0.1) is 18.3 Å². The van der Waals surface area contributed by atoms with Crippen LogP contribution >= 0.6 is 22.9 Å². The summed E-state index contributed by atoms with van der Waals surface area (Å²) in [4.78, 5) is 5.37. The fourth-order valence-electron chi connectivity index (χ4n) is 1.40. The molecule has 2 rings (SSSR count). The summed E-state index contributed by atoms with van der Waals surface area (Å²) < 4.78 is 0. The molecule has 3 nitrogen and oxygen atoms in total. The number of halogens is 1. The SMILES string of the molecule is Cc1ccsc1CNc1nccc(C#N)c1Cl. The third-order valence-electron chi connectivity index (χ3n) is 2.39. The molecule has 0 saturated heterocycles. The predicted octanol–water partition coefficient (Wildman–Crippen LogP) is 3.59. The van der Waals surface area contributed by atoms with Crippen molar-refractivity contribution in [1.29, 1.82) is 5.26 Å². The lowest BCUT2D eigenvalue weighted by Gasteiger charge is -2.07. The Bertz CT molecular complexity index is 571. The van der Waals surface area contributed by atoms with Gasteiger partial charge in [-0.1, -0.05) is 11.6 Å². The zero-order chi connectivity index (χ0) is 12.3. The van der Waals surface area contributed by atoms with Crippen LogP contribution in [0.25, 0.3) is 0 Å². The number of aromatic nitrogens is 1. The fraction of sp³-hybridized carbons (Fsp3) is 0.167. The molecule has 0 fully saturated rings. The number of pyridine rings is 1. The number of nitriles is 1. The van der Waals surface area contributed by atoms with E-state index in [-0.39, 0.29) is 0 Å². The number of nitrogens with zero attached hydrogens (tertiary/aromatic N) is 2. The standard InChI is InChI=1S/C12H10ClN3S/c1-8-3-5-17-10(8)7-16-12-11(13)9(6-14)2-4-15-12/h2-5H,7H2,1H3,(H,15,16). The van der Waals surface area contributed by atoms with E-state index in [0.29, 0.717) is 22.9 Å². The van der Waals surface area contributed by atoms with Crippen molar-refractivity contribution < 1.29 is 0 Å². The lowest BCUT2D eigenvalue weighted by molar-refractivity contribution is 1.12. The van der Waals surface area contributed by atoms with Crippen LogP contribution in [0.3, 0.4) is 0 Å². The maximum Gasteiger partial charge on any atom is 0.146 e. The molecular formula is C12H10ClN3S. The van der Waals surface area contributed by atoms with Gasteiger partial charge in [0, 0.05) is 11.1 Å².